The summed E-state index contributed by atoms with van der Waals surface area (Å²) in [6, 6.07) is -0.387. The zero-order chi connectivity index (χ0) is 20.7. The molecule has 0 aromatic rings. The minimum absolute atomic E-state index is 0.0708. The van der Waals surface area contributed by atoms with Crippen molar-refractivity contribution in [3.8, 4) is 0 Å². The highest BCUT2D eigenvalue weighted by Crippen LogP contribution is 2.20. The van der Waals surface area contributed by atoms with E-state index in [1.807, 2.05) is 18.7 Å². The number of carbonyl (C=O) groups is 1. The summed E-state index contributed by atoms with van der Waals surface area (Å²) in [6.45, 7) is 13.3. The normalized spacial score (nSPS) is 19.2. The molecule has 3 unspecified atom stereocenters. The van der Waals surface area contributed by atoms with Crippen LogP contribution < -0.4 is 0 Å². The number of hydrogen-bond acceptors (Lipinski definition) is 4. The molecule has 0 aliphatic carbocycles. The molecule has 0 aromatic carbocycles. The van der Waals surface area contributed by atoms with Gasteiger partial charge in [0.05, 0.1) is 19.3 Å². The largest absolute Gasteiger partial charge is 0.478 e. The van der Waals surface area contributed by atoms with E-state index in [-0.39, 0.29) is 18.0 Å². The fourth-order valence-corrected chi connectivity index (χ4v) is 2.60. The first-order valence-electron chi connectivity index (χ1n) is 9.16. The number of hydrogen-bond donors (Lipinski definition) is 2. The molecule has 1 heterocycles. The van der Waals surface area contributed by atoms with Gasteiger partial charge in [0, 0.05) is 25.2 Å². The van der Waals surface area contributed by atoms with Crippen LogP contribution in [0, 0.1) is 0 Å². The molecule has 27 heavy (non-hydrogen) atoms. The van der Waals surface area contributed by atoms with Gasteiger partial charge >= 0.3 is 5.97 Å². The van der Waals surface area contributed by atoms with Crippen LogP contribution in [0.4, 0.5) is 4.39 Å². The maximum absolute atomic E-state index is 14.7. The van der Waals surface area contributed by atoms with Gasteiger partial charge in [-0.15, -0.1) is 0 Å². The van der Waals surface area contributed by atoms with Gasteiger partial charge in [-0.3, -0.25) is 4.90 Å². The van der Waals surface area contributed by atoms with E-state index in [1.165, 1.54) is 30.4 Å². The average Bonchev–Trinajstić information content (AvgIpc) is 2.69. The molecular formula is C21H32FNO4. The Kier molecular flexibility index (Phi) is 14.0. The summed E-state index contributed by atoms with van der Waals surface area (Å²) in [5.41, 5.74) is 0.283. The fourth-order valence-electron chi connectivity index (χ4n) is 2.60. The van der Waals surface area contributed by atoms with Crippen molar-refractivity contribution >= 4 is 5.97 Å². The number of nitrogens with zero attached hydrogens (tertiary/aromatic N) is 1. The quantitative estimate of drug-likeness (QED) is 0.449. The Morgan fingerprint density at radius 3 is 2.37 bits per heavy atom. The van der Waals surface area contributed by atoms with E-state index in [4.69, 9.17) is 9.84 Å². The van der Waals surface area contributed by atoms with Crippen LogP contribution in [0.5, 0.6) is 0 Å². The Bertz CT molecular complexity index is 536. The Balaban J connectivity index is 0.00000326. The predicted octanol–water partition coefficient (Wildman–Crippen LogP) is 3.30. The smallest absolute Gasteiger partial charge is 0.328 e. The summed E-state index contributed by atoms with van der Waals surface area (Å²) in [4.78, 5) is 12.8. The number of morpholine rings is 1. The van der Waals surface area contributed by atoms with Crippen LogP contribution >= 0.6 is 0 Å². The molecule has 1 aliphatic rings. The monoisotopic (exact) mass is 381 g/mol. The molecule has 1 rings (SSSR count). The number of carboxylic acids is 1. The highest BCUT2D eigenvalue weighted by atomic mass is 19.1. The van der Waals surface area contributed by atoms with Gasteiger partial charge < -0.3 is 14.9 Å². The van der Waals surface area contributed by atoms with Crippen molar-refractivity contribution in [2.75, 3.05) is 26.3 Å². The van der Waals surface area contributed by atoms with E-state index in [0.717, 1.165) is 6.08 Å². The number of aliphatic hydroxyl groups is 1. The molecule has 0 bridgehead atoms. The first-order chi connectivity index (χ1) is 13.0. The van der Waals surface area contributed by atoms with E-state index in [2.05, 4.69) is 13.2 Å². The van der Waals surface area contributed by atoms with Gasteiger partial charge in [-0.25, -0.2) is 9.18 Å². The van der Waals surface area contributed by atoms with E-state index in [1.54, 1.807) is 6.08 Å². The van der Waals surface area contributed by atoms with Crippen LogP contribution in [0.3, 0.4) is 0 Å². The van der Waals surface area contributed by atoms with Crippen molar-refractivity contribution in [3.05, 3.63) is 61.3 Å². The number of allylic oxidation sites excluding steroid dienone is 5. The SMILES string of the molecule is C=C/C=C\C(=C/C=C)C(F)C(O)CC(/C=C\C(=O)O)N1CCOCC1.CC. The second-order valence-corrected chi connectivity index (χ2v) is 5.62. The number of alkyl halides is 1. The van der Waals surface area contributed by atoms with Gasteiger partial charge in [0.2, 0.25) is 0 Å². The number of rotatable bonds is 10. The van der Waals surface area contributed by atoms with Crippen molar-refractivity contribution in [1.29, 1.82) is 0 Å². The lowest BCUT2D eigenvalue weighted by Gasteiger charge is -2.34. The van der Waals surface area contributed by atoms with Crippen LogP contribution in [0.2, 0.25) is 0 Å². The molecule has 5 nitrogen and oxygen atoms in total. The van der Waals surface area contributed by atoms with E-state index in [9.17, 15) is 14.3 Å². The van der Waals surface area contributed by atoms with Crippen LogP contribution in [0.25, 0.3) is 0 Å². The fraction of sp³-hybridized carbons (Fsp3) is 0.476. The van der Waals surface area contributed by atoms with Crippen molar-refractivity contribution in [3.63, 3.8) is 0 Å². The van der Waals surface area contributed by atoms with E-state index >= 15 is 0 Å². The Morgan fingerprint density at radius 1 is 1.22 bits per heavy atom. The van der Waals surface area contributed by atoms with Crippen molar-refractivity contribution < 1.29 is 24.1 Å². The number of carboxylic acid groups (broad SMARTS) is 1. The zero-order valence-corrected chi connectivity index (χ0v) is 16.3. The highest BCUT2D eigenvalue weighted by Gasteiger charge is 2.27. The lowest BCUT2D eigenvalue weighted by atomic mass is 9.97. The van der Waals surface area contributed by atoms with Gasteiger partial charge in [-0.2, -0.15) is 0 Å². The van der Waals surface area contributed by atoms with E-state index < -0.39 is 18.2 Å². The Morgan fingerprint density at radius 2 is 1.85 bits per heavy atom. The van der Waals surface area contributed by atoms with Crippen LogP contribution in [-0.2, 0) is 9.53 Å². The third kappa shape index (κ3) is 10.0. The van der Waals surface area contributed by atoms with Crippen LogP contribution in [-0.4, -0.2) is 65.7 Å². The highest BCUT2D eigenvalue weighted by molar-refractivity contribution is 5.79. The first-order valence-corrected chi connectivity index (χ1v) is 9.16. The topological polar surface area (TPSA) is 70.0 Å². The molecule has 1 fully saturated rings. The summed E-state index contributed by atoms with van der Waals surface area (Å²) in [5, 5.41) is 19.2. The number of aliphatic hydroxyl groups excluding tert-OH is 1. The lowest BCUT2D eigenvalue weighted by Crippen LogP contribution is -2.45. The summed E-state index contributed by atoms with van der Waals surface area (Å²) >= 11 is 0. The second kappa shape index (κ2) is 15.1. The minimum atomic E-state index is -1.61. The molecule has 1 saturated heterocycles. The molecule has 0 radical (unpaired) electrons. The minimum Gasteiger partial charge on any atom is -0.478 e. The standard InChI is InChI=1S/C19H26FNO4.C2H6/c1-3-5-7-15(6-4-2)19(20)17(22)14-16(8-9-18(23)24)21-10-12-25-13-11-21;1-2/h3-9,16-17,19,22H,1-2,10-14H2,(H,23,24);1-2H3/b7-5-,9-8-,15-6+;. The lowest BCUT2D eigenvalue weighted by molar-refractivity contribution is -0.131. The van der Waals surface area contributed by atoms with Crippen molar-refractivity contribution in [2.45, 2.75) is 38.6 Å². The maximum Gasteiger partial charge on any atom is 0.328 e. The zero-order valence-electron chi connectivity index (χ0n) is 16.3. The molecule has 3 atom stereocenters. The molecule has 0 aromatic heterocycles. The van der Waals surface area contributed by atoms with Crippen LogP contribution in [0.1, 0.15) is 20.3 Å². The molecule has 0 spiro atoms. The number of halogens is 1. The van der Waals surface area contributed by atoms with Crippen molar-refractivity contribution in [1.82, 2.24) is 4.90 Å². The molecule has 6 heteroatoms. The average molecular weight is 381 g/mol. The molecule has 1 aliphatic heterocycles. The van der Waals surface area contributed by atoms with Gasteiger partial charge in [-0.1, -0.05) is 63.5 Å². The van der Waals surface area contributed by atoms with Gasteiger partial charge in [-0.05, 0) is 12.0 Å². The molecule has 0 saturated carbocycles. The number of ether oxygens (including phenoxy) is 1. The molecule has 2 N–H and O–H groups in total. The van der Waals surface area contributed by atoms with E-state index in [0.29, 0.717) is 26.3 Å². The Hall–Kier alpha value is -2.02. The number of aliphatic carboxylic acids is 1. The summed E-state index contributed by atoms with van der Waals surface area (Å²) in [5.74, 6) is -1.08. The third-order valence-corrected chi connectivity index (χ3v) is 3.85. The van der Waals surface area contributed by atoms with Gasteiger partial charge in [0.1, 0.15) is 0 Å². The van der Waals surface area contributed by atoms with Gasteiger partial charge in [0.25, 0.3) is 0 Å². The maximum atomic E-state index is 14.7. The predicted molar refractivity (Wildman–Crippen MR) is 107 cm³/mol. The third-order valence-electron chi connectivity index (χ3n) is 3.85. The first kappa shape index (κ1) is 25.0. The second-order valence-electron chi connectivity index (χ2n) is 5.62. The summed E-state index contributed by atoms with van der Waals surface area (Å²) in [7, 11) is 0. The summed E-state index contributed by atoms with van der Waals surface area (Å²) in [6.07, 6.45) is 7.25. The summed E-state index contributed by atoms with van der Waals surface area (Å²) < 4.78 is 19.9. The molecular weight excluding hydrogens is 349 g/mol. The van der Waals surface area contributed by atoms with Crippen LogP contribution in [0.15, 0.2) is 61.3 Å². The van der Waals surface area contributed by atoms with Gasteiger partial charge in [0.15, 0.2) is 6.17 Å². The molecule has 152 valence electrons. The van der Waals surface area contributed by atoms with Crippen molar-refractivity contribution in [2.24, 2.45) is 0 Å². The Labute approximate surface area is 161 Å². The molecule has 0 amide bonds.